The van der Waals surface area contributed by atoms with Crippen LogP contribution in [-0.2, 0) is 5.60 Å². The average Bonchev–Trinajstić information content (AvgIpc) is 2.84. The average molecular weight is 418 g/mol. The predicted molar refractivity (Wildman–Crippen MR) is 122 cm³/mol. The Morgan fingerprint density at radius 2 is 1.35 bits per heavy atom. The van der Waals surface area contributed by atoms with E-state index in [1.807, 2.05) is 91.0 Å². The summed E-state index contributed by atoms with van der Waals surface area (Å²) in [5, 5.41) is 33.6. The van der Waals surface area contributed by atoms with Crippen molar-refractivity contribution in [2.24, 2.45) is 5.92 Å². The van der Waals surface area contributed by atoms with E-state index in [1.165, 1.54) is 0 Å². The van der Waals surface area contributed by atoms with Gasteiger partial charge in [0, 0.05) is 25.6 Å². The van der Waals surface area contributed by atoms with Crippen LogP contribution in [0.5, 0.6) is 0 Å². The van der Waals surface area contributed by atoms with Crippen LogP contribution >= 0.6 is 0 Å². The Labute approximate surface area is 184 Å². The molecule has 4 heteroatoms. The molecule has 4 rings (SSSR count). The van der Waals surface area contributed by atoms with Crippen LogP contribution in [0.1, 0.15) is 41.7 Å². The largest absolute Gasteiger partial charge is 0.388 e. The molecule has 4 atom stereocenters. The zero-order chi connectivity index (χ0) is 21.7. The third kappa shape index (κ3) is 4.89. The SMILES string of the molecule is OC(CCN1CC[C@](O)(c2ccccc2)[C@@H](C(O)c2ccccc2)C1)c1ccccc1. The van der Waals surface area contributed by atoms with Crippen LogP contribution in [-0.4, -0.2) is 39.9 Å². The van der Waals surface area contributed by atoms with Crippen molar-refractivity contribution in [3.8, 4) is 0 Å². The summed E-state index contributed by atoms with van der Waals surface area (Å²) in [5.74, 6) is -0.375. The standard InChI is InChI=1S/C27H31NO3/c29-25(21-10-4-1-5-11-21)16-18-28-19-17-27(31,23-14-8-3-9-15-23)24(20-28)26(30)22-12-6-2-7-13-22/h1-15,24-26,29-31H,16-20H2/t24-,25?,26?,27+/m1/s1. The quantitative estimate of drug-likeness (QED) is 0.543. The van der Waals surface area contributed by atoms with Gasteiger partial charge in [-0.05, 0) is 29.5 Å². The van der Waals surface area contributed by atoms with E-state index in [0.717, 1.165) is 16.7 Å². The number of hydrogen-bond acceptors (Lipinski definition) is 4. The van der Waals surface area contributed by atoms with Crippen molar-refractivity contribution in [2.75, 3.05) is 19.6 Å². The Bertz CT molecular complexity index is 932. The summed E-state index contributed by atoms with van der Waals surface area (Å²) in [6, 6.07) is 29.0. The van der Waals surface area contributed by atoms with Gasteiger partial charge in [0.2, 0.25) is 0 Å². The van der Waals surface area contributed by atoms with Crippen molar-refractivity contribution < 1.29 is 15.3 Å². The molecule has 1 aliphatic rings. The summed E-state index contributed by atoms with van der Waals surface area (Å²) in [5.41, 5.74) is 1.47. The fourth-order valence-electron chi connectivity index (χ4n) is 4.71. The van der Waals surface area contributed by atoms with E-state index in [9.17, 15) is 15.3 Å². The second-order valence-electron chi connectivity index (χ2n) is 8.52. The lowest BCUT2D eigenvalue weighted by Crippen LogP contribution is -2.52. The summed E-state index contributed by atoms with van der Waals surface area (Å²) in [7, 11) is 0. The fraction of sp³-hybridized carbons (Fsp3) is 0.333. The van der Waals surface area contributed by atoms with E-state index in [-0.39, 0.29) is 5.92 Å². The molecule has 3 N–H and O–H groups in total. The van der Waals surface area contributed by atoms with E-state index in [0.29, 0.717) is 32.5 Å². The highest BCUT2D eigenvalue weighted by molar-refractivity contribution is 5.27. The van der Waals surface area contributed by atoms with Crippen molar-refractivity contribution in [1.82, 2.24) is 4.90 Å². The number of aliphatic hydroxyl groups is 3. The van der Waals surface area contributed by atoms with Gasteiger partial charge < -0.3 is 20.2 Å². The maximum Gasteiger partial charge on any atom is 0.0977 e. The summed E-state index contributed by atoms with van der Waals surface area (Å²) >= 11 is 0. The third-order valence-electron chi connectivity index (χ3n) is 6.58. The minimum atomic E-state index is -1.11. The molecule has 0 aromatic heterocycles. The molecule has 0 aliphatic carbocycles. The number of nitrogens with zero attached hydrogens (tertiary/aromatic N) is 1. The smallest absolute Gasteiger partial charge is 0.0977 e. The molecule has 0 bridgehead atoms. The molecule has 3 aromatic rings. The van der Waals surface area contributed by atoms with Crippen LogP contribution in [0.2, 0.25) is 0 Å². The second-order valence-corrected chi connectivity index (χ2v) is 8.52. The lowest BCUT2D eigenvalue weighted by atomic mass is 9.72. The zero-order valence-electron chi connectivity index (χ0n) is 17.7. The van der Waals surface area contributed by atoms with Crippen molar-refractivity contribution in [3.05, 3.63) is 108 Å². The topological polar surface area (TPSA) is 63.9 Å². The molecule has 4 nitrogen and oxygen atoms in total. The molecular formula is C27H31NO3. The first-order valence-electron chi connectivity index (χ1n) is 11.0. The van der Waals surface area contributed by atoms with Crippen molar-refractivity contribution in [1.29, 1.82) is 0 Å². The fourth-order valence-corrected chi connectivity index (χ4v) is 4.71. The molecule has 1 saturated heterocycles. The van der Waals surface area contributed by atoms with E-state index >= 15 is 0 Å². The van der Waals surface area contributed by atoms with Crippen LogP contribution in [0.4, 0.5) is 0 Å². The summed E-state index contributed by atoms with van der Waals surface area (Å²) in [4.78, 5) is 2.25. The van der Waals surface area contributed by atoms with Crippen LogP contribution in [0.3, 0.4) is 0 Å². The first-order chi connectivity index (χ1) is 15.1. The Kier molecular flexibility index (Phi) is 6.83. The molecule has 1 fully saturated rings. The van der Waals surface area contributed by atoms with Gasteiger partial charge in [-0.3, -0.25) is 0 Å². The highest BCUT2D eigenvalue weighted by atomic mass is 16.3. The van der Waals surface area contributed by atoms with E-state index in [4.69, 9.17) is 0 Å². The van der Waals surface area contributed by atoms with E-state index < -0.39 is 17.8 Å². The molecule has 0 radical (unpaired) electrons. The number of rotatable bonds is 7. The maximum atomic E-state index is 11.8. The molecule has 0 spiro atoms. The molecule has 0 amide bonds. The van der Waals surface area contributed by atoms with Gasteiger partial charge in [-0.2, -0.15) is 0 Å². The van der Waals surface area contributed by atoms with Crippen LogP contribution < -0.4 is 0 Å². The highest BCUT2D eigenvalue weighted by Gasteiger charge is 2.46. The highest BCUT2D eigenvalue weighted by Crippen LogP contribution is 2.43. The Balaban J connectivity index is 1.52. The lowest BCUT2D eigenvalue weighted by Gasteiger charge is -2.47. The van der Waals surface area contributed by atoms with Gasteiger partial charge >= 0.3 is 0 Å². The summed E-state index contributed by atoms with van der Waals surface area (Å²) in [6.07, 6.45) is -0.156. The number of aliphatic hydroxyl groups excluding tert-OH is 2. The van der Waals surface area contributed by atoms with Gasteiger partial charge in [0.05, 0.1) is 17.8 Å². The monoisotopic (exact) mass is 417 g/mol. The predicted octanol–water partition coefficient (Wildman–Crippen LogP) is 4.05. The van der Waals surface area contributed by atoms with Crippen molar-refractivity contribution in [3.63, 3.8) is 0 Å². The van der Waals surface area contributed by atoms with Gasteiger partial charge in [0.1, 0.15) is 0 Å². The Morgan fingerprint density at radius 1 is 0.806 bits per heavy atom. The van der Waals surface area contributed by atoms with Gasteiger partial charge in [-0.25, -0.2) is 0 Å². The lowest BCUT2D eigenvalue weighted by molar-refractivity contribution is -0.123. The first-order valence-corrected chi connectivity index (χ1v) is 11.0. The molecular weight excluding hydrogens is 386 g/mol. The van der Waals surface area contributed by atoms with Gasteiger partial charge in [0.25, 0.3) is 0 Å². The van der Waals surface area contributed by atoms with Gasteiger partial charge in [0.15, 0.2) is 0 Å². The Hall–Kier alpha value is -2.50. The van der Waals surface area contributed by atoms with Gasteiger partial charge in [-0.1, -0.05) is 91.0 Å². The number of piperidine rings is 1. The number of likely N-dealkylation sites (tertiary alicyclic amines) is 1. The molecule has 1 aliphatic heterocycles. The van der Waals surface area contributed by atoms with Crippen LogP contribution in [0, 0.1) is 5.92 Å². The summed E-state index contributed by atoms with van der Waals surface area (Å²) < 4.78 is 0. The normalized spacial score (nSPS) is 23.9. The molecule has 3 aromatic carbocycles. The van der Waals surface area contributed by atoms with E-state index in [1.54, 1.807) is 0 Å². The maximum absolute atomic E-state index is 11.8. The van der Waals surface area contributed by atoms with Gasteiger partial charge in [-0.15, -0.1) is 0 Å². The molecule has 31 heavy (non-hydrogen) atoms. The Morgan fingerprint density at radius 3 is 1.97 bits per heavy atom. The van der Waals surface area contributed by atoms with E-state index in [2.05, 4.69) is 4.90 Å². The molecule has 162 valence electrons. The summed E-state index contributed by atoms with van der Waals surface area (Å²) in [6.45, 7) is 1.98. The number of benzene rings is 3. The third-order valence-corrected chi connectivity index (χ3v) is 6.58. The van der Waals surface area contributed by atoms with Crippen LogP contribution in [0.15, 0.2) is 91.0 Å². The van der Waals surface area contributed by atoms with Crippen molar-refractivity contribution in [2.45, 2.75) is 30.7 Å². The molecule has 1 heterocycles. The minimum absolute atomic E-state index is 0.375. The first kappa shape index (κ1) is 21.7. The molecule has 2 unspecified atom stereocenters. The molecule has 0 saturated carbocycles. The minimum Gasteiger partial charge on any atom is -0.388 e. The van der Waals surface area contributed by atoms with Crippen molar-refractivity contribution >= 4 is 0 Å². The number of hydrogen-bond donors (Lipinski definition) is 3. The van der Waals surface area contributed by atoms with Crippen LogP contribution in [0.25, 0.3) is 0 Å². The second kappa shape index (κ2) is 9.75. The zero-order valence-corrected chi connectivity index (χ0v) is 17.7.